The number of rotatable bonds is 3. The second-order valence-electron chi connectivity index (χ2n) is 4.60. The fraction of sp³-hybridized carbons (Fsp3) is 0.176. The number of aryl methyl sites for hydroxylation is 1. The predicted octanol–water partition coefficient (Wildman–Crippen LogP) is 4.62. The Hall–Kier alpha value is -1.82. The highest BCUT2D eigenvalue weighted by Crippen LogP contribution is 2.21. The molecule has 17 heavy (non-hydrogen) atoms. The lowest BCUT2D eigenvalue weighted by Gasteiger charge is -2.10. The van der Waals surface area contributed by atoms with E-state index in [2.05, 4.69) is 69.0 Å². The lowest BCUT2D eigenvalue weighted by Crippen LogP contribution is -1.94. The first-order valence-corrected chi connectivity index (χ1v) is 5.96. The molecule has 0 aliphatic rings. The molecule has 2 rings (SSSR count). The number of hydrogen-bond donors (Lipinski definition) is 0. The van der Waals surface area contributed by atoms with E-state index < -0.39 is 0 Å². The lowest BCUT2D eigenvalue weighted by molar-refractivity contribution is 1.17. The van der Waals surface area contributed by atoms with Gasteiger partial charge in [-0.2, -0.15) is 0 Å². The van der Waals surface area contributed by atoms with Gasteiger partial charge in [-0.3, -0.25) is 0 Å². The van der Waals surface area contributed by atoms with Gasteiger partial charge >= 0.3 is 0 Å². The summed E-state index contributed by atoms with van der Waals surface area (Å²) >= 11 is 0. The highest BCUT2D eigenvalue weighted by atomic mass is 14.1. The minimum Gasteiger partial charge on any atom is -0.0955 e. The van der Waals surface area contributed by atoms with Crippen LogP contribution in [0, 0.1) is 6.92 Å². The molecule has 0 atom stereocenters. The van der Waals surface area contributed by atoms with Gasteiger partial charge < -0.3 is 0 Å². The van der Waals surface area contributed by atoms with Gasteiger partial charge in [-0.25, -0.2) is 0 Å². The molecule has 0 nitrogen and oxygen atoms in total. The van der Waals surface area contributed by atoms with Crippen LogP contribution in [0.1, 0.15) is 29.2 Å². The van der Waals surface area contributed by atoms with Crippen LogP contribution < -0.4 is 0 Å². The van der Waals surface area contributed by atoms with Gasteiger partial charge in [0.2, 0.25) is 0 Å². The van der Waals surface area contributed by atoms with Gasteiger partial charge in [0.25, 0.3) is 0 Å². The number of allylic oxidation sites excluding steroid dienone is 1. The molecule has 0 saturated carbocycles. The van der Waals surface area contributed by atoms with Crippen molar-refractivity contribution in [1.29, 1.82) is 0 Å². The summed E-state index contributed by atoms with van der Waals surface area (Å²) in [6.07, 6.45) is 0.976. The van der Waals surface area contributed by atoms with Crippen molar-refractivity contribution in [3.05, 3.63) is 77.4 Å². The molecular formula is C17H18. The van der Waals surface area contributed by atoms with Crippen molar-refractivity contribution in [2.45, 2.75) is 20.3 Å². The van der Waals surface area contributed by atoms with E-state index >= 15 is 0 Å². The summed E-state index contributed by atoms with van der Waals surface area (Å²) in [5.41, 5.74) is 6.42. The minimum absolute atomic E-state index is 0.976. The Bertz CT molecular complexity index is 521. The van der Waals surface area contributed by atoms with E-state index in [9.17, 15) is 0 Å². The third-order valence-corrected chi connectivity index (χ3v) is 2.96. The smallest absolute Gasteiger partial charge is 0.00197 e. The van der Waals surface area contributed by atoms with Gasteiger partial charge in [0.1, 0.15) is 0 Å². The Labute approximate surface area is 104 Å². The Morgan fingerprint density at radius 1 is 1.06 bits per heavy atom. The van der Waals surface area contributed by atoms with Crippen LogP contribution in [0.4, 0.5) is 0 Å². The van der Waals surface area contributed by atoms with Gasteiger partial charge in [0, 0.05) is 0 Å². The molecule has 0 saturated heterocycles. The van der Waals surface area contributed by atoms with Crippen LogP contribution in [-0.2, 0) is 6.42 Å². The van der Waals surface area contributed by atoms with Crippen LogP contribution in [-0.4, -0.2) is 0 Å². The molecule has 86 valence electrons. The molecular weight excluding hydrogens is 204 g/mol. The van der Waals surface area contributed by atoms with Crippen LogP contribution in [0.25, 0.3) is 5.57 Å². The Balaban J connectivity index is 2.36. The molecule has 0 aromatic heterocycles. The summed E-state index contributed by atoms with van der Waals surface area (Å²) in [4.78, 5) is 0. The molecule has 0 aliphatic carbocycles. The first-order valence-electron chi connectivity index (χ1n) is 5.96. The van der Waals surface area contributed by atoms with Crippen molar-refractivity contribution in [3.63, 3.8) is 0 Å². The molecule has 2 aromatic rings. The molecule has 0 amide bonds. The van der Waals surface area contributed by atoms with Crippen molar-refractivity contribution in [1.82, 2.24) is 0 Å². The van der Waals surface area contributed by atoms with E-state index in [-0.39, 0.29) is 0 Å². The molecule has 0 unspecified atom stereocenters. The van der Waals surface area contributed by atoms with E-state index in [1.54, 1.807) is 0 Å². The highest BCUT2D eigenvalue weighted by Gasteiger charge is 2.04. The normalized spacial score (nSPS) is 10.2. The van der Waals surface area contributed by atoms with Gasteiger partial charge in [-0.15, -0.1) is 0 Å². The average Bonchev–Trinajstić information content (AvgIpc) is 2.32. The molecule has 0 aliphatic heterocycles. The molecule has 0 N–H and O–H groups in total. The van der Waals surface area contributed by atoms with Crippen LogP contribution in [0.3, 0.4) is 0 Å². The second kappa shape index (κ2) is 5.01. The topological polar surface area (TPSA) is 0 Å². The number of hydrogen-bond acceptors (Lipinski definition) is 0. The largest absolute Gasteiger partial charge is 0.0955 e. The van der Waals surface area contributed by atoms with Gasteiger partial charge in [-0.1, -0.05) is 66.2 Å². The van der Waals surface area contributed by atoms with E-state index in [0.29, 0.717) is 0 Å². The van der Waals surface area contributed by atoms with Crippen LogP contribution in [0.2, 0.25) is 0 Å². The van der Waals surface area contributed by atoms with Crippen LogP contribution in [0.5, 0.6) is 0 Å². The third-order valence-electron chi connectivity index (χ3n) is 2.96. The van der Waals surface area contributed by atoms with Crippen LogP contribution in [0.15, 0.2) is 55.1 Å². The van der Waals surface area contributed by atoms with E-state index in [1.807, 2.05) is 0 Å². The molecule has 0 radical (unpaired) electrons. The Morgan fingerprint density at radius 3 is 2.41 bits per heavy atom. The minimum atomic E-state index is 0.976. The van der Waals surface area contributed by atoms with E-state index in [4.69, 9.17) is 0 Å². The van der Waals surface area contributed by atoms with Gasteiger partial charge in [0.05, 0.1) is 0 Å². The number of benzene rings is 2. The summed E-state index contributed by atoms with van der Waals surface area (Å²) in [6.45, 7) is 8.27. The first-order chi connectivity index (χ1) is 8.16. The van der Waals surface area contributed by atoms with Gasteiger partial charge in [0.15, 0.2) is 0 Å². The fourth-order valence-corrected chi connectivity index (χ4v) is 2.06. The van der Waals surface area contributed by atoms with Crippen molar-refractivity contribution >= 4 is 5.57 Å². The zero-order valence-electron chi connectivity index (χ0n) is 10.5. The maximum atomic E-state index is 4.07. The van der Waals surface area contributed by atoms with E-state index in [1.165, 1.54) is 22.3 Å². The monoisotopic (exact) mass is 222 g/mol. The Kier molecular flexibility index (Phi) is 3.43. The zero-order chi connectivity index (χ0) is 12.3. The second-order valence-corrected chi connectivity index (χ2v) is 4.60. The summed E-state index contributed by atoms with van der Waals surface area (Å²) in [5, 5.41) is 0. The molecule has 0 spiro atoms. The predicted molar refractivity (Wildman–Crippen MR) is 75.1 cm³/mol. The maximum absolute atomic E-state index is 4.07. The SMILES string of the molecule is C=C(C)c1cc(C)ccc1Cc1ccccc1. The summed E-state index contributed by atoms with van der Waals surface area (Å²) in [7, 11) is 0. The van der Waals surface area contributed by atoms with Crippen LogP contribution >= 0.6 is 0 Å². The Morgan fingerprint density at radius 2 is 1.76 bits per heavy atom. The van der Waals surface area contributed by atoms with Crippen molar-refractivity contribution < 1.29 is 0 Å². The molecule has 2 aromatic carbocycles. The average molecular weight is 222 g/mol. The quantitative estimate of drug-likeness (QED) is 0.711. The third kappa shape index (κ3) is 2.85. The van der Waals surface area contributed by atoms with Crippen molar-refractivity contribution in [2.75, 3.05) is 0 Å². The maximum Gasteiger partial charge on any atom is -0.00197 e. The lowest BCUT2D eigenvalue weighted by atomic mass is 9.95. The molecule has 0 bridgehead atoms. The molecule has 0 heterocycles. The fourth-order valence-electron chi connectivity index (χ4n) is 2.06. The zero-order valence-corrected chi connectivity index (χ0v) is 10.5. The van der Waals surface area contributed by atoms with Crippen molar-refractivity contribution in [3.8, 4) is 0 Å². The standard InChI is InChI=1S/C17H18/c1-13(2)17-11-14(3)9-10-16(17)12-15-7-5-4-6-8-15/h4-11H,1,12H2,2-3H3. The molecule has 0 fully saturated rings. The summed E-state index contributed by atoms with van der Waals surface area (Å²) in [5.74, 6) is 0. The van der Waals surface area contributed by atoms with Gasteiger partial charge in [-0.05, 0) is 37.0 Å². The highest BCUT2D eigenvalue weighted by molar-refractivity contribution is 5.65. The first kappa shape index (κ1) is 11.7. The van der Waals surface area contributed by atoms with E-state index in [0.717, 1.165) is 12.0 Å². The molecule has 0 heteroatoms. The van der Waals surface area contributed by atoms with Crippen molar-refractivity contribution in [2.24, 2.45) is 0 Å². The summed E-state index contributed by atoms with van der Waals surface area (Å²) < 4.78 is 0. The summed E-state index contributed by atoms with van der Waals surface area (Å²) in [6, 6.07) is 17.2.